The molecular formula is C25H35FN4O3. The Balaban J connectivity index is 1.41. The van der Waals surface area contributed by atoms with Crippen LogP contribution in [0.15, 0.2) is 34.9 Å². The topological polar surface area (TPSA) is 78.7 Å². The van der Waals surface area contributed by atoms with Gasteiger partial charge >= 0.3 is 0 Å². The summed E-state index contributed by atoms with van der Waals surface area (Å²) in [6, 6.07) is 6.01. The van der Waals surface area contributed by atoms with Crippen LogP contribution in [0, 0.1) is 17.2 Å². The monoisotopic (exact) mass is 458 g/mol. The summed E-state index contributed by atoms with van der Waals surface area (Å²) < 4.78 is 18.8. The van der Waals surface area contributed by atoms with E-state index in [0.717, 1.165) is 12.1 Å². The van der Waals surface area contributed by atoms with Crippen LogP contribution in [0.5, 0.6) is 0 Å². The number of aromatic nitrogens is 1. The number of aryl methyl sites for hydroxylation is 1. The second-order valence-corrected chi connectivity index (χ2v) is 9.90. The van der Waals surface area contributed by atoms with Crippen molar-refractivity contribution in [3.8, 4) is 11.3 Å². The van der Waals surface area contributed by atoms with Gasteiger partial charge in [0.25, 0.3) is 0 Å². The third-order valence-electron chi connectivity index (χ3n) is 5.94. The van der Waals surface area contributed by atoms with Gasteiger partial charge in [0.15, 0.2) is 11.7 Å². The van der Waals surface area contributed by atoms with E-state index >= 15 is 0 Å². The maximum Gasteiger partial charge on any atom is 0.223 e. The summed E-state index contributed by atoms with van der Waals surface area (Å²) >= 11 is 0. The second kappa shape index (κ2) is 10.9. The van der Waals surface area contributed by atoms with Crippen LogP contribution in [0.3, 0.4) is 0 Å². The van der Waals surface area contributed by atoms with Crippen LogP contribution < -0.4 is 5.32 Å². The predicted octanol–water partition coefficient (Wildman–Crippen LogP) is 3.36. The first-order chi connectivity index (χ1) is 15.6. The van der Waals surface area contributed by atoms with Crippen LogP contribution in [0.1, 0.15) is 39.0 Å². The number of oxazole rings is 1. The van der Waals surface area contributed by atoms with E-state index in [9.17, 15) is 14.0 Å². The first kappa shape index (κ1) is 24.9. The third-order valence-corrected chi connectivity index (χ3v) is 5.94. The fraction of sp³-hybridized carbons (Fsp3) is 0.560. The van der Waals surface area contributed by atoms with E-state index in [4.69, 9.17) is 4.42 Å². The van der Waals surface area contributed by atoms with Crippen molar-refractivity contribution in [1.29, 1.82) is 0 Å². The van der Waals surface area contributed by atoms with Gasteiger partial charge in [0.1, 0.15) is 5.82 Å². The van der Waals surface area contributed by atoms with Crippen molar-refractivity contribution in [3.05, 3.63) is 42.2 Å². The minimum atomic E-state index is -0.307. The molecule has 1 saturated heterocycles. The highest BCUT2D eigenvalue weighted by atomic mass is 19.1. The maximum atomic E-state index is 13.1. The molecule has 0 unspecified atom stereocenters. The fourth-order valence-electron chi connectivity index (χ4n) is 4.32. The molecule has 0 aliphatic carbocycles. The minimum absolute atomic E-state index is 0.00623. The van der Waals surface area contributed by atoms with E-state index in [1.165, 1.54) is 12.1 Å². The maximum absolute atomic E-state index is 13.1. The molecule has 0 saturated carbocycles. The first-order valence-electron chi connectivity index (χ1n) is 11.5. The van der Waals surface area contributed by atoms with Crippen molar-refractivity contribution in [2.45, 2.75) is 39.5 Å². The van der Waals surface area contributed by atoms with Crippen LogP contribution >= 0.6 is 0 Å². The fourth-order valence-corrected chi connectivity index (χ4v) is 4.32. The van der Waals surface area contributed by atoms with Crippen molar-refractivity contribution in [3.63, 3.8) is 0 Å². The van der Waals surface area contributed by atoms with Gasteiger partial charge in [0.2, 0.25) is 11.8 Å². The van der Waals surface area contributed by atoms with Crippen molar-refractivity contribution >= 4 is 11.8 Å². The molecule has 2 amide bonds. The number of amides is 2. The molecule has 33 heavy (non-hydrogen) atoms. The van der Waals surface area contributed by atoms with Gasteiger partial charge in [-0.15, -0.1) is 0 Å². The molecule has 0 atom stereocenters. The van der Waals surface area contributed by atoms with Crippen LogP contribution in [-0.2, 0) is 16.0 Å². The van der Waals surface area contributed by atoms with Gasteiger partial charge in [-0.1, -0.05) is 13.8 Å². The van der Waals surface area contributed by atoms with Gasteiger partial charge in [-0.2, -0.15) is 0 Å². The van der Waals surface area contributed by atoms with Crippen molar-refractivity contribution in [2.75, 3.05) is 40.3 Å². The van der Waals surface area contributed by atoms with Gasteiger partial charge in [-0.25, -0.2) is 9.37 Å². The van der Waals surface area contributed by atoms with Crippen molar-refractivity contribution < 1.29 is 18.4 Å². The van der Waals surface area contributed by atoms with E-state index in [0.29, 0.717) is 57.0 Å². The number of halogens is 1. The van der Waals surface area contributed by atoms with Gasteiger partial charge in [0.05, 0.1) is 6.20 Å². The largest absolute Gasteiger partial charge is 0.441 e. The Hall–Kier alpha value is -2.74. The Bertz CT molecular complexity index is 931. The number of piperidine rings is 1. The average molecular weight is 459 g/mol. The smallest absolute Gasteiger partial charge is 0.223 e. The number of hydrogen-bond acceptors (Lipinski definition) is 5. The molecule has 0 bridgehead atoms. The van der Waals surface area contributed by atoms with Gasteiger partial charge in [-0.3, -0.25) is 9.59 Å². The lowest BCUT2D eigenvalue weighted by molar-refractivity contribution is -0.135. The SMILES string of the molecule is CN(C)CC(C)(C)CNC(=O)C1CCN(C(=O)CCc2ncc(-c3ccc(F)cc3)o2)CC1. The normalized spacial score (nSPS) is 15.2. The van der Waals surface area contributed by atoms with Gasteiger partial charge < -0.3 is 19.5 Å². The molecule has 3 rings (SSSR count). The second-order valence-electron chi connectivity index (χ2n) is 9.90. The molecule has 1 aromatic heterocycles. The lowest BCUT2D eigenvalue weighted by atomic mass is 9.91. The zero-order valence-corrected chi connectivity index (χ0v) is 20.1. The van der Waals surface area contributed by atoms with Crippen LogP contribution in [-0.4, -0.2) is 66.9 Å². The molecule has 7 nitrogen and oxygen atoms in total. The standard InChI is InChI=1S/C25H35FN4O3/c1-25(2,17-29(3)4)16-28-24(32)19-11-13-30(14-12-19)23(31)10-9-22-27-15-21(33-22)18-5-7-20(26)8-6-18/h5-8,15,19H,9-14,16-17H2,1-4H3,(H,28,32). The number of benzene rings is 1. The molecule has 2 aromatic rings. The van der Waals surface area contributed by atoms with Crippen LogP contribution in [0.4, 0.5) is 4.39 Å². The summed E-state index contributed by atoms with van der Waals surface area (Å²) in [5.41, 5.74) is 0.749. The number of likely N-dealkylation sites (tertiary alicyclic amines) is 1. The summed E-state index contributed by atoms with van der Waals surface area (Å²) in [7, 11) is 4.06. The zero-order valence-electron chi connectivity index (χ0n) is 20.1. The van der Waals surface area contributed by atoms with Gasteiger partial charge in [-0.05, 0) is 56.6 Å². The number of nitrogens with one attached hydrogen (secondary N) is 1. The Morgan fingerprint density at radius 2 is 1.88 bits per heavy atom. The highest BCUT2D eigenvalue weighted by Crippen LogP contribution is 2.23. The number of rotatable bonds is 9. The highest BCUT2D eigenvalue weighted by molar-refractivity contribution is 5.80. The first-order valence-corrected chi connectivity index (χ1v) is 11.5. The van der Waals surface area contributed by atoms with E-state index in [2.05, 4.69) is 29.0 Å². The molecule has 1 N–H and O–H groups in total. The van der Waals surface area contributed by atoms with Crippen LogP contribution in [0.25, 0.3) is 11.3 Å². The van der Waals surface area contributed by atoms with Crippen molar-refractivity contribution in [2.24, 2.45) is 11.3 Å². The summed E-state index contributed by atoms with van der Waals surface area (Å²) in [5, 5.41) is 3.10. The Morgan fingerprint density at radius 3 is 2.52 bits per heavy atom. The molecule has 2 heterocycles. The Kier molecular flexibility index (Phi) is 8.24. The van der Waals surface area contributed by atoms with E-state index < -0.39 is 0 Å². The predicted molar refractivity (Wildman–Crippen MR) is 125 cm³/mol. The molecule has 1 aliphatic heterocycles. The number of carbonyl (C=O) groups is 2. The van der Waals surface area contributed by atoms with Crippen molar-refractivity contribution in [1.82, 2.24) is 20.1 Å². The molecule has 1 aromatic carbocycles. The molecule has 0 radical (unpaired) electrons. The van der Waals surface area contributed by atoms with Crippen LogP contribution in [0.2, 0.25) is 0 Å². The molecule has 1 fully saturated rings. The lowest BCUT2D eigenvalue weighted by Gasteiger charge is -2.33. The molecule has 0 spiro atoms. The highest BCUT2D eigenvalue weighted by Gasteiger charge is 2.28. The number of carbonyl (C=O) groups excluding carboxylic acids is 2. The lowest BCUT2D eigenvalue weighted by Crippen LogP contribution is -2.46. The van der Waals surface area contributed by atoms with E-state index in [-0.39, 0.29) is 29.0 Å². The molecule has 180 valence electrons. The third kappa shape index (κ3) is 7.39. The molecular weight excluding hydrogens is 423 g/mol. The minimum Gasteiger partial charge on any atom is -0.441 e. The molecule has 1 aliphatic rings. The van der Waals surface area contributed by atoms with E-state index in [1.807, 2.05) is 19.0 Å². The summed E-state index contributed by atoms with van der Waals surface area (Å²) in [5.74, 6) is 0.813. The summed E-state index contributed by atoms with van der Waals surface area (Å²) in [6.07, 6.45) is 3.66. The van der Waals surface area contributed by atoms with E-state index in [1.54, 1.807) is 18.3 Å². The zero-order chi connectivity index (χ0) is 24.0. The average Bonchev–Trinajstić information content (AvgIpc) is 3.24. The quantitative estimate of drug-likeness (QED) is 0.624. The number of hydrogen-bond donors (Lipinski definition) is 1. The summed E-state index contributed by atoms with van der Waals surface area (Å²) in [4.78, 5) is 33.4. The molecule has 8 heteroatoms. The Labute approximate surface area is 195 Å². The summed E-state index contributed by atoms with van der Waals surface area (Å²) in [6.45, 7) is 7.00. The number of nitrogens with zero attached hydrogens (tertiary/aromatic N) is 3. The van der Waals surface area contributed by atoms with Gasteiger partial charge in [0, 0.05) is 50.5 Å². The Morgan fingerprint density at radius 1 is 1.21 bits per heavy atom.